The minimum Gasteiger partial charge on any atom is -0.419 e. The van der Waals surface area contributed by atoms with Gasteiger partial charge in [-0.25, -0.2) is 12.7 Å². The van der Waals surface area contributed by atoms with Gasteiger partial charge in [-0.3, -0.25) is 0 Å². The maximum Gasteiger partial charge on any atom is 1.00 e. The third-order valence-electron chi connectivity index (χ3n) is 0.0833. The Labute approximate surface area is 63.4 Å². The summed E-state index contributed by atoms with van der Waals surface area (Å²) in [5, 5.41) is 0. The topological polar surface area (TPSA) is 17.1 Å². The van der Waals surface area contributed by atoms with Crippen molar-refractivity contribution >= 4 is 23.6 Å². The second kappa shape index (κ2) is 17.3. The number of hydrogen-bond acceptors (Lipinski definition) is 1. The van der Waals surface area contributed by atoms with Crippen molar-refractivity contribution in [1.82, 2.24) is 0 Å². The predicted octanol–water partition coefficient (Wildman–Crippen LogP) is -0.101. The molecule has 0 unspecified atom stereocenters. The van der Waals surface area contributed by atoms with E-state index in [9.17, 15) is 0 Å². The van der Waals surface area contributed by atoms with Gasteiger partial charge >= 0.3 is 22.4 Å². The Morgan fingerprint density at radius 3 is 1.83 bits per heavy atom. The molecular weight excluding hydrogens is 276 g/mol. The van der Waals surface area contributed by atoms with E-state index < -0.39 is 0 Å². The van der Waals surface area contributed by atoms with Crippen LogP contribution in [0.2, 0.25) is 0 Å². The molecule has 1 nitrogen and oxygen atoms in total. The zero-order valence-corrected chi connectivity index (χ0v) is 6.39. The normalized spacial score (nSPS) is 3.33. The summed E-state index contributed by atoms with van der Waals surface area (Å²) in [5.74, 6) is 0. The van der Waals surface area contributed by atoms with E-state index in [0.717, 1.165) is 6.08 Å². The van der Waals surface area contributed by atoms with Gasteiger partial charge in [0.1, 0.15) is 0 Å². The van der Waals surface area contributed by atoms with Gasteiger partial charge in [0.05, 0.1) is 0 Å². The summed E-state index contributed by atoms with van der Waals surface area (Å²) in [6, 6.07) is 0. The third-order valence-corrected chi connectivity index (χ3v) is 0.0833. The number of carbonyl (C=O) groups excluding carboxylic acids is 1. The fourth-order valence-corrected chi connectivity index (χ4v) is 0. The van der Waals surface area contributed by atoms with Crippen LogP contribution in [-0.4, -0.2) is 23.6 Å². The number of rotatable bonds is 1. The van der Waals surface area contributed by atoms with Crippen LogP contribution in [0.25, 0.3) is 0 Å². The molecule has 0 aliphatic rings. The SMILES string of the molecule is C=C[C-]=O.[Al].[Au+]. The summed E-state index contributed by atoms with van der Waals surface area (Å²) < 4.78 is 0. The summed E-state index contributed by atoms with van der Waals surface area (Å²) in [5.41, 5.74) is 0. The zero-order valence-electron chi connectivity index (χ0n) is 3.07. The van der Waals surface area contributed by atoms with Crippen molar-refractivity contribution < 1.29 is 27.2 Å². The van der Waals surface area contributed by atoms with Gasteiger partial charge in [-0.05, 0) is 6.29 Å². The van der Waals surface area contributed by atoms with Crippen molar-refractivity contribution in [2.75, 3.05) is 0 Å². The van der Waals surface area contributed by atoms with Crippen LogP contribution in [0.5, 0.6) is 0 Å². The van der Waals surface area contributed by atoms with Gasteiger partial charge < -0.3 is 4.79 Å². The molecule has 3 heteroatoms. The zero-order chi connectivity index (χ0) is 3.41. The molecule has 0 aromatic heterocycles. The molecule has 0 aliphatic heterocycles. The first-order valence-electron chi connectivity index (χ1n) is 0.901. The van der Waals surface area contributed by atoms with Crippen LogP contribution in [-0.2, 0) is 27.2 Å². The van der Waals surface area contributed by atoms with Gasteiger partial charge in [0.15, 0.2) is 0 Å². The Hall–Kier alpha value is 0.683. The molecule has 0 N–H and O–H groups in total. The average molecular weight is 279 g/mol. The molecule has 0 rings (SSSR count). The van der Waals surface area contributed by atoms with Gasteiger partial charge in [0.25, 0.3) is 0 Å². The Balaban J connectivity index is -0.0000000450. The standard InChI is InChI=1S/C3H3O.Al.Au/c1-2-3-4;;/h2H,1H2;;/q-1;;+1. The molecule has 0 fully saturated rings. The minimum atomic E-state index is 0. The fraction of sp³-hybridized carbons (Fsp3) is 0. The number of allylic oxidation sites excluding steroid dienone is 1. The van der Waals surface area contributed by atoms with Crippen LogP contribution in [0.4, 0.5) is 0 Å². The molecular formula is C3H3AlAuO. The third kappa shape index (κ3) is 22.4. The van der Waals surface area contributed by atoms with Crippen LogP contribution in [0.3, 0.4) is 0 Å². The predicted molar refractivity (Wildman–Crippen MR) is 21.6 cm³/mol. The van der Waals surface area contributed by atoms with Crippen molar-refractivity contribution in [2.24, 2.45) is 0 Å². The summed E-state index contributed by atoms with van der Waals surface area (Å²) >= 11 is 0. The molecule has 0 bridgehead atoms. The molecule has 0 aromatic rings. The van der Waals surface area contributed by atoms with E-state index >= 15 is 0 Å². The van der Waals surface area contributed by atoms with Gasteiger partial charge in [0, 0.05) is 17.4 Å². The maximum atomic E-state index is 8.93. The molecule has 0 atom stereocenters. The van der Waals surface area contributed by atoms with Crippen molar-refractivity contribution in [3.8, 4) is 0 Å². The Morgan fingerprint density at radius 1 is 1.67 bits per heavy atom. The van der Waals surface area contributed by atoms with Gasteiger partial charge in [-0.15, -0.1) is 0 Å². The van der Waals surface area contributed by atoms with E-state index in [-0.39, 0.29) is 39.7 Å². The maximum absolute atomic E-state index is 8.93. The molecule has 3 radical (unpaired) electrons. The first-order chi connectivity index (χ1) is 1.91. The second-order valence-corrected chi connectivity index (χ2v) is 0.322. The van der Waals surface area contributed by atoms with Crippen LogP contribution in [0, 0.1) is 0 Å². The van der Waals surface area contributed by atoms with E-state index in [4.69, 9.17) is 4.79 Å². The van der Waals surface area contributed by atoms with E-state index in [2.05, 4.69) is 6.58 Å². The Morgan fingerprint density at radius 2 is 1.83 bits per heavy atom. The van der Waals surface area contributed by atoms with E-state index in [1.165, 1.54) is 6.29 Å². The molecule has 0 saturated heterocycles. The van der Waals surface area contributed by atoms with Crippen molar-refractivity contribution in [1.29, 1.82) is 0 Å². The summed E-state index contributed by atoms with van der Waals surface area (Å²) in [6.07, 6.45) is 2.51. The molecule has 0 spiro atoms. The summed E-state index contributed by atoms with van der Waals surface area (Å²) in [7, 11) is 0. The molecule has 35 valence electrons. The van der Waals surface area contributed by atoms with Gasteiger partial charge in [0.2, 0.25) is 0 Å². The van der Waals surface area contributed by atoms with Gasteiger partial charge in [-0.1, -0.05) is 0 Å². The summed E-state index contributed by atoms with van der Waals surface area (Å²) in [6.45, 7) is 3.06. The Kier molecular flexibility index (Phi) is 45.9. The molecule has 0 aromatic carbocycles. The monoisotopic (exact) mass is 279 g/mol. The molecule has 0 amide bonds. The minimum absolute atomic E-state index is 0. The quantitative estimate of drug-likeness (QED) is 0.372. The van der Waals surface area contributed by atoms with E-state index in [0.29, 0.717) is 0 Å². The summed E-state index contributed by atoms with van der Waals surface area (Å²) in [4.78, 5) is 8.93. The largest absolute Gasteiger partial charge is 1.00 e. The first-order valence-corrected chi connectivity index (χ1v) is 0.901. The van der Waals surface area contributed by atoms with Crippen molar-refractivity contribution in [2.45, 2.75) is 0 Å². The average Bonchev–Trinajstić information content (AvgIpc) is 1.37. The van der Waals surface area contributed by atoms with Gasteiger partial charge in [-0.2, -0.15) is 0 Å². The number of hydrogen-bond donors (Lipinski definition) is 0. The molecule has 0 saturated carbocycles. The second-order valence-electron chi connectivity index (χ2n) is 0.322. The fourth-order valence-electron chi connectivity index (χ4n) is 0. The van der Waals surface area contributed by atoms with Crippen molar-refractivity contribution in [3.05, 3.63) is 12.7 Å². The molecule has 0 aliphatic carbocycles. The van der Waals surface area contributed by atoms with Crippen LogP contribution in [0.1, 0.15) is 0 Å². The Bertz CT molecular complexity index is 31.8. The van der Waals surface area contributed by atoms with Crippen LogP contribution < -0.4 is 0 Å². The smallest absolute Gasteiger partial charge is 0.419 e. The first kappa shape index (κ1) is 15.9. The van der Waals surface area contributed by atoms with Crippen LogP contribution >= 0.6 is 0 Å². The van der Waals surface area contributed by atoms with E-state index in [1.807, 2.05) is 0 Å². The molecule has 6 heavy (non-hydrogen) atoms. The van der Waals surface area contributed by atoms with Crippen LogP contribution in [0.15, 0.2) is 12.7 Å². The van der Waals surface area contributed by atoms with Crippen molar-refractivity contribution in [3.63, 3.8) is 0 Å². The van der Waals surface area contributed by atoms with E-state index in [1.54, 1.807) is 0 Å². The molecule has 0 heterocycles.